The molecule has 1 rings (SSSR count). The molecule has 0 aliphatic carbocycles. The molecule has 22 heavy (non-hydrogen) atoms. The highest BCUT2D eigenvalue weighted by Crippen LogP contribution is 2.24. The van der Waals surface area contributed by atoms with Crippen molar-refractivity contribution in [2.24, 2.45) is 4.99 Å². The van der Waals surface area contributed by atoms with Gasteiger partial charge in [-0.2, -0.15) is 0 Å². The number of nitrogens with one attached hydrogen (secondary N) is 1. The molecule has 0 aromatic rings. The molecule has 6 heteroatoms. The van der Waals surface area contributed by atoms with E-state index in [4.69, 9.17) is 0 Å². The zero-order chi connectivity index (χ0) is 17.1. The Kier molecular flexibility index (Phi) is 6.23. The maximum atomic E-state index is 12.5. The van der Waals surface area contributed by atoms with Crippen molar-refractivity contribution in [1.29, 1.82) is 0 Å². The summed E-state index contributed by atoms with van der Waals surface area (Å²) in [6.07, 6.45) is 0. The van der Waals surface area contributed by atoms with Crippen LogP contribution in [0.1, 0.15) is 34.6 Å². The molecule has 1 fully saturated rings. The van der Waals surface area contributed by atoms with Gasteiger partial charge in [0.15, 0.2) is 5.96 Å². The number of aliphatic imine (C=N–C) groups is 1. The van der Waals surface area contributed by atoms with E-state index in [0.717, 1.165) is 19.0 Å². The molecular formula is C16H33N5O. The van der Waals surface area contributed by atoms with Crippen LogP contribution in [0.15, 0.2) is 4.99 Å². The van der Waals surface area contributed by atoms with Crippen LogP contribution in [-0.2, 0) is 4.79 Å². The van der Waals surface area contributed by atoms with E-state index < -0.39 is 0 Å². The lowest BCUT2D eigenvalue weighted by atomic mass is 9.96. The highest BCUT2D eigenvalue weighted by Gasteiger charge is 2.40. The van der Waals surface area contributed by atoms with Gasteiger partial charge in [-0.25, -0.2) is 0 Å². The van der Waals surface area contributed by atoms with Gasteiger partial charge in [0.25, 0.3) is 0 Å². The average molecular weight is 311 g/mol. The molecule has 1 unspecified atom stereocenters. The summed E-state index contributed by atoms with van der Waals surface area (Å²) in [6.45, 7) is 12.5. The highest BCUT2D eigenvalue weighted by atomic mass is 16.2. The lowest BCUT2D eigenvalue weighted by Gasteiger charge is -2.49. The number of carbonyl (C=O) groups excluding carboxylic acids is 1. The van der Waals surface area contributed by atoms with Crippen molar-refractivity contribution in [1.82, 2.24) is 20.0 Å². The Morgan fingerprint density at radius 1 is 1.36 bits per heavy atom. The second kappa shape index (κ2) is 7.31. The van der Waals surface area contributed by atoms with Gasteiger partial charge in [-0.3, -0.25) is 9.79 Å². The van der Waals surface area contributed by atoms with Gasteiger partial charge >= 0.3 is 0 Å². The first-order chi connectivity index (χ1) is 10.1. The maximum absolute atomic E-state index is 12.5. The van der Waals surface area contributed by atoms with E-state index in [2.05, 4.69) is 68.8 Å². The zero-order valence-corrected chi connectivity index (χ0v) is 15.5. The Bertz CT molecular complexity index is 417. The minimum atomic E-state index is -0.200. The third kappa shape index (κ3) is 4.35. The first-order valence-corrected chi connectivity index (χ1v) is 8.04. The van der Waals surface area contributed by atoms with Gasteiger partial charge < -0.3 is 20.0 Å². The van der Waals surface area contributed by atoms with E-state index in [-0.39, 0.29) is 17.5 Å². The van der Waals surface area contributed by atoms with E-state index >= 15 is 0 Å². The molecular weight excluding hydrogens is 278 g/mol. The van der Waals surface area contributed by atoms with Crippen molar-refractivity contribution in [2.75, 3.05) is 40.8 Å². The van der Waals surface area contributed by atoms with E-state index in [9.17, 15) is 4.79 Å². The number of hydrogen-bond donors (Lipinski definition) is 1. The Hall–Kier alpha value is -1.30. The Morgan fingerprint density at radius 2 is 1.95 bits per heavy atom. The van der Waals surface area contributed by atoms with Crippen LogP contribution < -0.4 is 5.32 Å². The van der Waals surface area contributed by atoms with E-state index in [1.54, 1.807) is 7.05 Å². The number of likely N-dealkylation sites (N-methyl/N-ethyl adjacent to an activating group) is 1. The van der Waals surface area contributed by atoms with Crippen LogP contribution in [-0.4, -0.2) is 85.0 Å². The standard InChI is InChI=1S/C16H33N5O/c1-12(2)21-14(22)10-20(11-16(21,4)5)15(17-6)18-9-13(3)19(7)8/h12-13H,9-11H2,1-8H3,(H,17,18). The summed E-state index contributed by atoms with van der Waals surface area (Å²) >= 11 is 0. The second-order valence-electron chi connectivity index (χ2n) is 7.27. The minimum Gasteiger partial charge on any atom is -0.355 e. The molecule has 0 saturated carbocycles. The summed E-state index contributed by atoms with van der Waals surface area (Å²) in [7, 11) is 5.89. The molecule has 1 heterocycles. The van der Waals surface area contributed by atoms with Gasteiger partial charge in [0, 0.05) is 32.2 Å². The lowest BCUT2D eigenvalue weighted by Crippen LogP contribution is -2.66. The first kappa shape index (κ1) is 18.7. The van der Waals surface area contributed by atoms with Crippen LogP contribution in [0.4, 0.5) is 0 Å². The van der Waals surface area contributed by atoms with Gasteiger partial charge in [-0.05, 0) is 48.7 Å². The zero-order valence-electron chi connectivity index (χ0n) is 15.5. The molecule has 1 saturated heterocycles. The Morgan fingerprint density at radius 3 is 2.36 bits per heavy atom. The first-order valence-electron chi connectivity index (χ1n) is 8.04. The van der Waals surface area contributed by atoms with Crippen molar-refractivity contribution in [2.45, 2.75) is 52.2 Å². The van der Waals surface area contributed by atoms with Crippen LogP contribution in [0.5, 0.6) is 0 Å². The number of hydrogen-bond acceptors (Lipinski definition) is 3. The van der Waals surface area contributed by atoms with Crippen LogP contribution in [0, 0.1) is 0 Å². The summed E-state index contributed by atoms with van der Waals surface area (Å²) in [4.78, 5) is 23.1. The van der Waals surface area contributed by atoms with Crippen LogP contribution in [0.2, 0.25) is 0 Å². The molecule has 1 atom stereocenters. The molecule has 1 amide bonds. The summed E-state index contributed by atoms with van der Waals surface area (Å²) < 4.78 is 0. The minimum absolute atomic E-state index is 0.162. The molecule has 1 aliphatic heterocycles. The third-order valence-corrected chi connectivity index (χ3v) is 4.29. The Balaban J connectivity index is 2.78. The number of amides is 1. The van der Waals surface area contributed by atoms with E-state index in [1.165, 1.54) is 0 Å². The van der Waals surface area contributed by atoms with Gasteiger partial charge in [-0.15, -0.1) is 0 Å². The van der Waals surface area contributed by atoms with Crippen LogP contribution in [0.25, 0.3) is 0 Å². The lowest BCUT2D eigenvalue weighted by molar-refractivity contribution is -0.145. The molecule has 1 aliphatic rings. The van der Waals surface area contributed by atoms with Crippen molar-refractivity contribution >= 4 is 11.9 Å². The Labute approximate surface area is 135 Å². The topological polar surface area (TPSA) is 51.2 Å². The average Bonchev–Trinajstić information content (AvgIpc) is 2.36. The molecule has 1 N–H and O–H groups in total. The monoisotopic (exact) mass is 311 g/mol. The van der Waals surface area contributed by atoms with Crippen LogP contribution in [0.3, 0.4) is 0 Å². The largest absolute Gasteiger partial charge is 0.355 e. The van der Waals surface area contributed by atoms with Crippen molar-refractivity contribution in [3.63, 3.8) is 0 Å². The van der Waals surface area contributed by atoms with Crippen molar-refractivity contribution < 1.29 is 4.79 Å². The fourth-order valence-corrected chi connectivity index (χ4v) is 3.07. The van der Waals surface area contributed by atoms with Crippen LogP contribution >= 0.6 is 0 Å². The molecule has 0 aromatic carbocycles. The quantitative estimate of drug-likeness (QED) is 0.617. The fraction of sp³-hybridized carbons (Fsp3) is 0.875. The number of carbonyl (C=O) groups is 1. The van der Waals surface area contributed by atoms with Crippen molar-refractivity contribution in [3.05, 3.63) is 0 Å². The summed E-state index contributed by atoms with van der Waals surface area (Å²) in [5.74, 6) is 0.966. The third-order valence-electron chi connectivity index (χ3n) is 4.29. The van der Waals surface area contributed by atoms with Gasteiger partial charge in [-0.1, -0.05) is 0 Å². The predicted molar refractivity (Wildman–Crippen MR) is 92.1 cm³/mol. The fourth-order valence-electron chi connectivity index (χ4n) is 3.07. The number of piperazine rings is 1. The molecule has 0 aromatic heterocycles. The summed E-state index contributed by atoms with van der Waals surface area (Å²) in [5, 5.41) is 3.39. The summed E-state index contributed by atoms with van der Waals surface area (Å²) in [6, 6.07) is 0.616. The van der Waals surface area contributed by atoms with E-state index in [0.29, 0.717) is 12.6 Å². The highest BCUT2D eigenvalue weighted by molar-refractivity contribution is 5.88. The molecule has 0 bridgehead atoms. The molecule has 0 radical (unpaired) electrons. The van der Waals surface area contributed by atoms with Gasteiger partial charge in [0.1, 0.15) is 0 Å². The summed E-state index contributed by atoms with van der Waals surface area (Å²) in [5.41, 5.74) is -0.200. The van der Waals surface area contributed by atoms with E-state index in [1.807, 2.05) is 4.90 Å². The smallest absolute Gasteiger partial charge is 0.242 e. The second-order valence-corrected chi connectivity index (χ2v) is 7.27. The SMILES string of the molecule is CN=C(NCC(C)N(C)C)N1CC(=O)N(C(C)C)C(C)(C)C1. The molecule has 128 valence electrons. The normalized spacial score (nSPS) is 20.8. The van der Waals surface area contributed by atoms with Gasteiger partial charge in [0.05, 0.1) is 12.1 Å². The van der Waals surface area contributed by atoms with Gasteiger partial charge in [0.2, 0.25) is 5.91 Å². The number of guanidine groups is 1. The molecule has 6 nitrogen and oxygen atoms in total. The number of rotatable bonds is 4. The maximum Gasteiger partial charge on any atom is 0.242 e. The number of nitrogens with zero attached hydrogens (tertiary/aromatic N) is 4. The van der Waals surface area contributed by atoms with Crippen molar-refractivity contribution in [3.8, 4) is 0 Å². The predicted octanol–water partition coefficient (Wildman–Crippen LogP) is 0.843. The molecule has 0 spiro atoms.